The van der Waals surface area contributed by atoms with E-state index in [1.165, 1.54) is 30.6 Å². The predicted molar refractivity (Wildman–Crippen MR) is 102 cm³/mol. The highest BCUT2D eigenvalue weighted by Crippen LogP contribution is 2.29. The lowest BCUT2D eigenvalue weighted by Crippen LogP contribution is -2.36. The van der Waals surface area contributed by atoms with Gasteiger partial charge in [0.1, 0.15) is 10.6 Å². The Labute approximate surface area is 163 Å². The van der Waals surface area contributed by atoms with Crippen LogP contribution in [0.3, 0.4) is 0 Å². The molecule has 1 heterocycles. The molecule has 1 fully saturated rings. The molecule has 1 amide bonds. The number of carbonyl (C=O) groups is 1. The van der Waals surface area contributed by atoms with Crippen LogP contribution in [0, 0.1) is 0 Å². The van der Waals surface area contributed by atoms with Gasteiger partial charge in [-0.15, -0.1) is 0 Å². The van der Waals surface area contributed by atoms with E-state index in [2.05, 4.69) is 15.0 Å². The minimum absolute atomic E-state index is 0.0531. The highest BCUT2D eigenvalue weighted by molar-refractivity contribution is 7.92. The first-order valence-corrected chi connectivity index (χ1v) is 10.4. The summed E-state index contributed by atoms with van der Waals surface area (Å²) in [5.74, 6) is -0.224. The average molecular weight is 410 g/mol. The van der Waals surface area contributed by atoms with Crippen LogP contribution in [0.5, 0.6) is 5.75 Å². The Morgan fingerprint density at radius 2 is 2.04 bits per heavy atom. The van der Waals surface area contributed by atoms with Gasteiger partial charge in [-0.25, -0.2) is 8.42 Å². The Morgan fingerprint density at radius 1 is 1.26 bits per heavy atom. The molecule has 9 heteroatoms. The van der Waals surface area contributed by atoms with Gasteiger partial charge in [-0.3, -0.25) is 14.5 Å². The second-order valence-electron chi connectivity index (χ2n) is 6.28. The van der Waals surface area contributed by atoms with Crippen molar-refractivity contribution in [2.24, 2.45) is 0 Å². The SMILES string of the molecule is O=C(COc1ccc(Cl)cc1S(=O)(=O)Nc1cccnc1)NC1CCCC1. The van der Waals surface area contributed by atoms with Crippen molar-refractivity contribution in [1.82, 2.24) is 10.3 Å². The molecule has 7 nitrogen and oxygen atoms in total. The van der Waals surface area contributed by atoms with Crippen LogP contribution in [-0.4, -0.2) is 32.0 Å². The van der Waals surface area contributed by atoms with E-state index < -0.39 is 10.0 Å². The number of nitrogens with zero attached hydrogens (tertiary/aromatic N) is 1. The zero-order valence-electron chi connectivity index (χ0n) is 14.5. The Balaban J connectivity index is 1.73. The number of rotatable bonds is 7. The monoisotopic (exact) mass is 409 g/mol. The lowest BCUT2D eigenvalue weighted by molar-refractivity contribution is -0.123. The van der Waals surface area contributed by atoms with E-state index in [9.17, 15) is 13.2 Å². The van der Waals surface area contributed by atoms with Gasteiger partial charge >= 0.3 is 0 Å². The molecule has 0 aliphatic heterocycles. The topological polar surface area (TPSA) is 97.4 Å². The maximum Gasteiger partial charge on any atom is 0.265 e. The van der Waals surface area contributed by atoms with Crippen LogP contribution >= 0.6 is 11.6 Å². The minimum atomic E-state index is -3.97. The van der Waals surface area contributed by atoms with Crippen molar-refractivity contribution < 1.29 is 17.9 Å². The first kappa shape index (κ1) is 19.4. The van der Waals surface area contributed by atoms with Gasteiger partial charge in [0.15, 0.2) is 6.61 Å². The molecule has 0 spiro atoms. The molecule has 1 saturated carbocycles. The number of sulfonamides is 1. The molecule has 0 bridgehead atoms. The van der Waals surface area contributed by atoms with Crippen molar-refractivity contribution >= 4 is 33.2 Å². The van der Waals surface area contributed by atoms with Crippen LogP contribution in [0.1, 0.15) is 25.7 Å². The summed E-state index contributed by atoms with van der Waals surface area (Å²) in [4.78, 5) is 15.8. The second kappa shape index (κ2) is 8.58. The number of benzene rings is 1. The van der Waals surface area contributed by atoms with Gasteiger partial charge in [0, 0.05) is 17.3 Å². The summed E-state index contributed by atoms with van der Waals surface area (Å²) in [7, 11) is -3.97. The van der Waals surface area contributed by atoms with Crippen molar-refractivity contribution in [3.8, 4) is 5.75 Å². The number of carbonyl (C=O) groups excluding carboxylic acids is 1. The van der Waals surface area contributed by atoms with Crippen molar-refractivity contribution in [3.63, 3.8) is 0 Å². The zero-order valence-corrected chi connectivity index (χ0v) is 16.1. The summed E-state index contributed by atoms with van der Waals surface area (Å²) in [6.45, 7) is -0.270. The van der Waals surface area contributed by atoms with Crippen LogP contribution in [0.15, 0.2) is 47.6 Å². The molecular formula is C18H20ClN3O4S. The van der Waals surface area contributed by atoms with Gasteiger partial charge in [-0.2, -0.15) is 0 Å². The largest absolute Gasteiger partial charge is 0.482 e. The van der Waals surface area contributed by atoms with E-state index in [4.69, 9.17) is 16.3 Å². The molecule has 1 aliphatic rings. The van der Waals surface area contributed by atoms with Gasteiger partial charge in [-0.1, -0.05) is 24.4 Å². The molecule has 3 rings (SSSR count). The van der Waals surface area contributed by atoms with Crippen molar-refractivity contribution in [1.29, 1.82) is 0 Å². The van der Waals surface area contributed by atoms with Gasteiger partial charge in [0.2, 0.25) is 0 Å². The molecule has 1 aromatic carbocycles. The Kier molecular flexibility index (Phi) is 6.18. The van der Waals surface area contributed by atoms with Gasteiger partial charge in [-0.05, 0) is 43.2 Å². The molecule has 27 heavy (non-hydrogen) atoms. The van der Waals surface area contributed by atoms with Crippen LogP contribution < -0.4 is 14.8 Å². The first-order valence-electron chi connectivity index (χ1n) is 8.58. The van der Waals surface area contributed by atoms with E-state index in [1.807, 2.05) is 0 Å². The van der Waals surface area contributed by atoms with E-state index in [0.717, 1.165) is 25.7 Å². The summed E-state index contributed by atoms with van der Waals surface area (Å²) in [5.41, 5.74) is 0.308. The van der Waals surface area contributed by atoms with E-state index in [-0.39, 0.29) is 34.2 Å². The lowest BCUT2D eigenvalue weighted by Gasteiger charge is -2.15. The molecule has 0 atom stereocenters. The van der Waals surface area contributed by atoms with Gasteiger partial charge in [0.25, 0.3) is 15.9 Å². The summed E-state index contributed by atoms with van der Waals surface area (Å²) in [5, 5.41) is 3.14. The standard InChI is InChI=1S/C18H20ClN3O4S/c19-13-7-8-16(26-12-18(23)21-14-4-1-2-5-14)17(10-13)27(24,25)22-15-6-3-9-20-11-15/h3,6-11,14,22H,1-2,4-5,12H2,(H,21,23). The van der Waals surface area contributed by atoms with Crippen molar-refractivity contribution in [2.75, 3.05) is 11.3 Å². The fourth-order valence-electron chi connectivity index (χ4n) is 2.93. The fourth-order valence-corrected chi connectivity index (χ4v) is 4.38. The minimum Gasteiger partial charge on any atom is -0.482 e. The number of halogens is 1. The number of hydrogen-bond donors (Lipinski definition) is 2. The number of hydrogen-bond acceptors (Lipinski definition) is 5. The molecule has 2 aromatic rings. The maximum atomic E-state index is 12.7. The Morgan fingerprint density at radius 3 is 2.74 bits per heavy atom. The van der Waals surface area contributed by atoms with E-state index >= 15 is 0 Å². The third-order valence-electron chi connectivity index (χ3n) is 4.19. The molecule has 144 valence electrons. The van der Waals surface area contributed by atoms with E-state index in [1.54, 1.807) is 12.1 Å². The third-order valence-corrected chi connectivity index (χ3v) is 5.83. The Hall–Kier alpha value is -2.32. The number of pyridine rings is 1. The van der Waals surface area contributed by atoms with Gasteiger partial charge in [0.05, 0.1) is 11.9 Å². The molecule has 2 N–H and O–H groups in total. The summed E-state index contributed by atoms with van der Waals surface area (Å²) >= 11 is 5.96. The molecule has 0 radical (unpaired) electrons. The highest BCUT2D eigenvalue weighted by atomic mass is 35.5. The van der Waals surface area contributed by atoms with Crippen LogP contribution in [0.2, 0.25) is 5.02 Å². The molecule has 0 unspecified atom stereocenters. The maximum absolute atomic E-state index is 12.7. The zero-order chi connectivity index (χ0) is 19.3. The quantitative estimate of drug-likeness (QED) is 0.732. The normalized spacial score (nSPS) is 14.7. The van der Waals surface area contributed by atoms with Crippen molar-refractivity contribution in [3.05, 3.63) is 47.7 Å². The summed E-state index contributed by atoms with van der Waals surface area (Å²) in [6, 6.07) is 7.58. The highest BCUT2D eigenvalue weighted by Gasteiger charge is 2.22. The second-order valence-corrected chi connectivity index (χ2v) is 8.36. The molecule has 0 saturated heterocycles. The lowest BCUT2D eigenvalue weighted by atomic mass is 10.2. The van der Waals surface area contributed by atoms with E-state index in [0.29, 0.717) is 5.69 Å². The fraction of sp³-hybridized carbons (Fsp3) is 0.333. The smallest absolute Gasteiger partial charge is 0.265 e. The van der Waals surface area contributed by atoms with Crippen LogP contribution in [-0.2, 0) is 14.8 Å². The molecular weight excluding hydrogens is 390 g/mol. The van der Waals surface area contributed by atoms with Crippen LogP contribution in [0.25, 0.3) is 0 Å². The van der Waals surface area contributed by atoms with Gasteiger partial charge < -0.3 is 10.1 Å². The summed E-state index contributed by atoms with van der Waals surface area (Å²) in [6.07, 6.45) is 7.05. The number of amides is 1. The predicted octanol–water partition coefficient (Wildman–Crippen LogP) is 2.97. The van der Waals surface area contributed by atoms with Crippen LogP contribution in [0.4, 0.5) is 5.69 Å². The average Bonchev–Trinajstić information content (AvgIpc) is 3.14. The number of aromatic nitrogens is 1. The number of anilines is 1. The third kappa shape index (κ3) is 5.33. The molecule has 1 aromatic heterocycles. The first-order chi connectivity index (χ1) is 12.9. The number of nitrogens with one attached hydrogen (secondary N) is 2. The Bertz CT molecular complexity index is 900. The summed E-state index contributed by atoms with van der Waals surface area (Å²) < 4.78 is 33.3. The molecule has 1 aliphatic carbocycles. The number of ether oxygens (including phenoxy) is 1. The van der Waals surface area contributed by atoms with Crippen molar-refractivity contribution in [2.45, 2.75) is 36.6 Å².